The van der Waals surface area contributed by atoms with E-state index in [2.05, 4.69) is 24.9 Å². The molecule has 2 saturated carbocycles. The van der Waals surface area contributed by atoms with Crippen molar-refractivity contribution in [2.45, 2.75) is 179 Å². The van der Waals surface area contributed by atoms with Gasteiger partial charge < -0.3 is 49.3 Å². The average Bonchev–Trinajstić information content (AvgIpc) is 3.92. The molecular formula is C59H89N3O10. The normalized spacial score (nSPS) is 22.9. The fourth-order valence-electron chi connectivity index (χ4n) is 12.0. The van der Waals surface area contributed by atoms with Crippen LogP contribution in [0, 0.1) is 23.7 Å². The van der Waals surface area contributed by atoms with E-state index in [0.717, 1.165) is 80.9 Å². The number of nitrogens with zero attached hydrogens (tertiary/aromatic N) is 2. The van der Waals surface area contributed by atoms with Gasteiger partial charge in [0.05, 0.1) is 38.1 Å². The van der Waals surface area contributed by atoms with E-state index < -0.39 is 23.8 Å². The van der Waals surface area contributed by atoms with Crippen molar-refractivity contribution in [2.24, 2.45) is 28.8 Å². The van der Waals surface area contributed by atoms with E-state index in [1.54, 1.807) is 12.1 Å². The first-order chi connectivity index (χ1) is 35.4. The summed E-state index contributed by atoms with van der Waals surface area (Å²) in [6.45, 7) is 7.86. The van der Waals surface area contributed by atoms with Gasteiger partial charge in [0.2, 0.25) is 11.7 Å². The second kappa shape index (κ2) is 31.5. The third-order valence-electron chi connectivity index (χ3n) is 15.6. The third kappa shape index (κ3) is 16.4. The van der Waals surface area contributed by atoms with Crippen LogP contribution in [0.25, 0.3) is 0 Å². The Morgan fingerprint density at radius 2 is 1.58 bits per heavy atom. The molecule has 400 valence electrons. The Labute approximate surface area is 431 Å². The number of aliphatic hydroxyl groups is 3. The molecule has 6 atom stereocenters. The number of carbonyl (C=O) groups excluding carboxylic acids is 2. The van der Waals surface area contributed by atoms with Crippen molar-refractivity contribution in [3.63, 3.8) is 0 Å². The predicted octanol–water partition coefficient (Wildman–Crippen LogP) is 11.3. The maximum Gasteiger partial charge on any atom is 0.412 e. The Balaban J connectivity index is 1.40. The number of hydrogen-bond acceptors (Lipinski definition) is 11. The first-order valence-electron chi connectivity index (χ1n) is 28.0. The van der Waals surface area contributed by atoms with Crippen molar-refractivity contribution >= 4 is 17.7 Å². The van der Waals surface area contributed by atoms with E-state index in [0.29, 0.717) is 48.9 Å². The van der Waals surface area contributed by atoms with Crippen LogP contribution in [0.4, 0.5) is 4.79 Å². The Hall–Kier alpha value is -4.27. The number of hydrogen-bond donors (Lipinski definition) is 4. The standard InChI is InChI=1S/C59H89N3O10/c1-3-5-6-7-8-9-10-11-12-20-33-60-58(67)71-48-30-31-53-51(42-48)56-49(28-19-22-36-64)47(27-18-21-35-63)41-50-52(61-70-44-46-25-14-13-15-26-46)43-54(59(72-53,57(50)56)69-38-4-2)62(34-39-68-40-37-65)55(66)32-29-45-23-16-17-24-45/h4,13-15,25-26,30-31,41-42,45,47,49,54,56-57,63-65H,2-3,5-12,16-24,27-29,32-40,43-44H2,1H3,(H,60,67)/t47-,49+,54-,56+,57+,59+/m0/s1. The summed E-state index contributed by atoms with van der Waals surface area (Å²) in [7, 11) is 0. The summed E-state index contributed by atoms with van der Waals surface area (Å²) >= 11 is 0. The Kier molecular flexibility index (Phi) is 24.9. The van der Waals surface area contributed by atoms with Gasteiger partial charge in [-0.2, -0.15) is 0 Å². The molecule has 0 aromatic heterocycles. The monoisotopic (exact) mass is 1000 g/mol. The number of benzene rings is 2. The van der Waals surface area contributed by atoms with Crippen molar-refractivity contribution < 1.29 is 48.7 Å². The minimum Gasteiger partial charge on any atom is -0.459 e. The van der Waals surface area contributed by atoms with E-state index in [1.807, 2.05) is 47.4 Å². The molecular weight excluding hydrogens is 911 g/mol. The summed E-state index contributed by atoms with van der Waals surface area (Å²) in [5.74, 6) is -0.725. The first kappa shape index (κ1) is 57.0. The molecule has 2 amide bonds. The number of unbranched alkanes of at least 4 members (excludes halogenated alkanes) is 11. The molecule has 2 fully saturated rings. The highest BCUT2D eigenvalue weighted by Gasteiger charge is 2.65. The molecule has 2 aromatic carbocycles. The number of rotatable bonds is 35. The van der Waals surface area contributed by atoms with Crippen LogP contribution in [0.2, 0.25) is 0 Å². The van der Waals surface area contributed by atoms with Gasteiger partial charge in [0.25, 0.3) is 0 Å². The second-order valence-corrected chi connectivity index (χ2v) is 20.6. The molecule has 13 heteroatoms. The van der Waals surface area contributed by atoms with Gasteiger partial charge in [-0.25, -0.2) is 4.79 Å². The molecule has 0 unspecified atom stereocenters. The maximum absolute atomic E-state index is 15.0. The number of amides is 2. The van der Waals surface area contributed by atoms with Crippen LogP contribution in [0.3, 0.4) is 0 Å². The number of carbonyl (C=O) groups is 2. The molecule has 0 spiro atoms. The van der Waals surface area contributed by atoms with Crippen molar-refractivity contribution in [2.75, 3.05) is 52.7 Å². The fraction of sp³-hybridized carbons (Fsp3) is 0.678. The zero-order valence-electron chi connectivity index (χ0n) is 43.7. The summed E-state index contributed by atoms with van der Waals surface area (Å²) < 4.78 is 26.6. The van der Waals surface area contributed by atoms with E-state index >= 15 is 4.79 Å². The van der Waals surface area contributed by atoms with E-state index in [-0.39, 0.29) is 82.9 Å². The minimum atomic E-state index is -1.43. The van der Waals surface area contributed by atoms with Gasteiger partial charge in [-0.05, 0) is 85.6 Å². The fourth-order valence-corrected chi connectivity index (χ4v) is 12.0. The maximum atomic E-state index is 15.0. The van der Waals surface area contributed by atoms with Gasteiger partial charge in [0.15, 0.2) is 0 Å². The molecule has 0 saturated heterocycles. The molecule has 1 aliphatic heterocycles. The third-order valence-corrected chi connectivity index (χ3v) is 15.6. The van der Waals surface area contributed by atoms with Crippen LogP contribution >= 0.6 is 0 Å². The highest BCUT2D eigenvalue weighted by molar-refractivity contribution is 6.03. The first-order valence-corrected chi connectivity index (χ1v) is 28.0. The molecule has 3 aliphatic carbocycles. The Bertz CT molecular complexity index is 1970. The number of nitrogens with one attached hydrogen (secondary N) is 1. The van der Waals surface area contributed by atoms with Gasteiger partial charge >= 0.3 is 6.09 Å². The summed E-state index contributed by atoms with van der Waals surface area (Å²) in [6.07, 6.45) is 26.2. The summed E-state index contributed by atoms with van der Waals surface area (Å²) in [6, 6.07) is 14.8. The number of oxime groups is 1. The molecule has 0 radical (unpaired) electrons. The minimum absolute atomic E-state index is 0.00316. The van der Waals surface area contributed by atoms with E-state index in [9.17, 15) is 20.1 Å². The van der Waals surface area contributed by atoms with Gasteiger partial charge in [0, 0.05) is 50.6 Å². The van der Waals surface area contributed by atoms with Crippen molar-refractivity contribution in [3.05, 3.63) is 84.0 Å². The van der Waals surface area contributed by atoms with Crippen LogP contribution in [0.15, 0.2) is 78.0 Å². The van der Waals surface area contributed by atoms with Crippen molar-refractivity contribution in [1.29, 1.82) is 0 Å². The van der Waals surface area contributed by atoms with Gasteiger partial charge in [-0.15, -0.1) is 6.58 Å². The van der Waals surface area contributed by atoms with Gasteiger partial charge in [-0.1, -0.05) is 151 Å². The van der Waals surface area contributed by atoms with Gasteiger partial charge in [0.1, 0.15) is 24.1 Å². The second-order valence-electron chi connectivity index (χ2n) is 20.6. The molecule has 13 nitrogen and oxygen atoms in total. The molecule has 0 bridgehead atoms. The lowest BCUT2D eigenvalue weighted by Gasteiger charge is -2.60. The van der Waals surface area contributed by atoms with E-state index in [4.69, 9.17) is 28.9 Å². The molecule has 1 heterocycles. The Morgan fingerprint density at radius 1 is 0.861 bits per heavy atom. The highest BCUT2D eigenvalue weighted by atomic mass is 16.7. The lowest BCUT2D eigenvalue weighted by Crippen LogP contribution is -2.70. The highest BCUT2D eigenvalue weighted by Crippen LogP contribution is 2.62. The van der Waals surface area contributed by atoms with E-state index in [1.165, 1.54) is 57.8 Å². The largest absolute Gasteiger partial charge is 0.459 e. The molecule has 4 aliphatic rings. The van der Waals surface area contributed by atoms with Crippen LogP contribution in [-0.4, -0.2) is 102 Å². The zero-order valence-corrected chi connectivity index (χ0v) is 43.7. The average molecular weight is 1000 g/mol. The predicted molar refractivity (Wildman–Crippen MR) is 283 cm³/mol. The lowest BCUT2D eigenvalue weighted by atomic mass is 9.55. The molecule has 2 aromatic rings. The van der Waals surface area contributed by atoms with Crippen LogP contribution < -0.4 is 14.8 Å². The molecule has 72 heavy (non-hydrogen) atoms. The zero-order chi connectivity index (χ0) is 50.8. The topological polar surface area (TPSA) is 169 Å². The molecule has 6 rings (SSSR count). The van der Waals surface area contributed by atoms with Crippen LogP contribution in [0.5, 0.6) is 11.5 Å². The van der Waals surface area contributed by atoms with Gasteiger partial charge in [-0.3, -0.25) is 4.79 Å². The number of fused-ring (bicyclic) bond motifs is 2. The van der Waals surface area contributed by atoms with Crippen molar-refractivity contribution in [1.82, 2.24) is 10.2 Å². The summed E-state index contributed by atoms with van der Waals surface area (Å²) in [4.78, 5) is 36.7. The summed E-state index contributed by atoms with van der Waals surface area (Å²) in [5.41, 5.74) is 3.49. The SMILES string of the molecule is C=CCO[C@@]12Oc3ccc(OC(=O)NCCCCCCCCCCCC)cc3[C@H]3[C@H](CCCCO)[C@@H](CCCCO)C=C(C(=NOCc4ccccc4)C[C@@H]1N(CCOCCO)C(=O)CCC1CCCC1)[C@H]32. The lowest BCUT2D eigenvalue weighted by molar-refractivity contribution is -0.258. The molecule has 4 N–H and O–H groups in total. The summed E-state index contributed by atoms with van der Waals surface area (Å²) in [5, 5.41) is 37.8. The number of ether oxygens (including phenoxy) is 4. The Morgan fingerprint density at radius 3 is 2.29 bits per heavy atom. The quantitative estimate of drug-likeness (QED) is 0.0296. The smallest absolute Gasteiger partial charge is 0.412 e. The number of allylic oxidation sites excluding steroid dienone is 1. The van der Waals surface area contributed by atoms with Crippen LogP contribution in [0.1, 0.15) is 172 Å². The van der Waals surface area contributed by atoms with Crippen LogP contribution in [-0.2, 0) is 25.7 Å². The number of aliphatic hydroxyl groups excluding tert-OH is 3. The van der Waals surface area contributed by atoms with Crippen molar-refractivity contribution in [3.8, 4) is 11.5 Å².